The van der Waals surface area contributed by atoms with Crippen molar-refractivity contribution in [1.29, 1.82) is 0 Å². The first-order chi connectivity index (χ1) is 17.5. The Labute approximate surface area is 218 Å². The van der Waals surface area contributed by atoms with Gasteiger partial charge in [0.05, 0.1) is 25.1 Å². The highest BCUT2D eigenvalue weighted by atomic mass is 16.5. The molecule has 3 rings (SSSR count). The Morgan fingerprint density at radius 1 is 0.973 bits per heavy atom. The Hall–Kier alpha value is -3.85. The minimum Gasteiger partial charge on any atom is -0.497 e. The van der Waals surface area contributed by atoms with E-state index in [1.54, 1.807) is 18.9 Å². The van der Waals surface area contributed by atoms with E-state index in [4.69, 9.17) is 14.6 Å². The van der Waals surface area contributed by atoms with Gasteiger partial charge in [-0.25, -0.2) is 9.48 Å². The minimum atomic E-state index is -0.380. The number of aryl methyl sites for hydroxylation is 2. The molecule has 3 aromatic rings. The molecule has 0 fully saturated rings. The highest BCUT2D eigenvalue weighted by molar-refractivity contribution is 5.96. The summed E-state index contributed by atoms with van der Waals surface area (Å²) < 4.78 is 12.1. The summed E-state index contributed by atoms with van der Waals surface area (Å²) in [5, 5.41) is 10.6. The summed E-state index contributed by atoms with van der Waals surface area (Å²) in [4.78, 5) is 27.6. The summed E-state index contributed by atoms with van der Waals surface area (Å²) in [5.74, 6) is 0.893. The summed E-state index contributed by atoms with van der Waals surface area (Å²) in [6.07, 6.45) is 0. The molecule has 198 valence electrons. The third-order valence-electron chi connectivity index (χ3n) is 6.01. The molecule has 0 aliphatic rings. The number of benzene rings is 2. The lowest BCUT2D eigenvalue weighted by molar-refractivity contribution is -0.116. The van der Waals surface area contributed by atoms with Crippen molar-refractivity contribution in [2.45, 2.75) is 40.0 Å². The highest BCUT2D eigenvalue weighted by Crippen LogP contribution is 2.27. The number of urea groups is 1. The van der Waals surface area contributed by atoms with E-state index >= 15 is 0 Å². The van der Waals surface area contributed by atoms with Gasteiger partial charge in [-0.2, -0.15) is 5.10 Å². The van der Waals surface area contributed by atoms with E-state index in [1.165, 1.54) is 4.90 Å². The van der Waals surface area contributed by atoms with E-state index < -0.39 is 0 Å². The fraction of sp³-hybridized carbons (Fsp3) is 0.393. The van der Waals surface area contributed by atoms with Crippen LogP contribution in [0.25, 0.3) is 5.69 Å². The standard InChI is InChI=1S/C28H37N5O4/c1-19-8-9-21(16-20(19)2)29-27(35)32(14-15-36-6)18-26(34)30-25-17-24(28(3,4)5)31-33(25)22-10-12-23(37-7)13-11-22/h8-13,16-17H,14-15,18H2,1-7H3,(H,29,35)(H,30,34). The number of carbonyl (C=O) groups is 2. The van der Waals surface area contributed by atoms with Gasteiger partial charge >= 0.3 is 6.03 Å². The van der Waals surface area contributed by atoms with Gasteiger partial charge in [-0.15, -0.1) is 0 Å². The monoisotopic (exact) mass is 507 g/mol. The molecule has 9 heteroatoms. The molecule has 0 aliphatic heterocycles. The third kappa shape index (κ3) is 7.33. The van der Waals surface area contributed by atoms with Crippen molar-refractivity contribution in [2.24, 2.45) is 0 Å². The molecule has 2 N–H and O–H groups in total. The molecular weight excluding hydrogens is 470 g/mol. The molecule has 0 radical (unpaired) electrons. The molecule has 0 aliphatic carbocycles. The van der Waals surface area contributed by atoms with Gasteiger partial charge in [-0.1, -0.05) is 26.8 Å². The van der Waals surface area contributed by atoms with Crippen LogP contribution in [0, 0.1) is 13.8 Å². The average molecular weight is 508 g/mol. The molecular formula is C28H37N5O4. The Bertz CT molecular complexity index is 1230. The van der Waals surface area contributed by atoms with Gasteiger partial charge in [0.15, 0.2) is 0 Å². The fourth-order valence-electron chi connectivity index (χ4n) is 3.59. The molecule has 9 nitrogen and oxygen atoms in total. The van der Waals surface area contributed by atoms with Gasteiger partial charge in [0.1, 0.15) is 18.1 Å². The first-order valence-corrected chi connectivity index (χ1v) is 12.2. The van der Waals surface area contributed by atoms with Crippen LogP contribution in [-0.2, 0) is 14.9 Å². The number of amides is 3. The van der Waals surface area contributed by atoms with Gasteiger partial charge in [-0.3, -0.25) is 4.79 Å². The number of hydrogen-bond acceptors (Lipinski definition) is 5. The van der Waals surface area contributed by atoms with Crippen LogP contribution in [0.3, 0.4) is 0 Å². The molecule has 0 spiro atoms. The second kappa shape index (κ2) is 11.9. The lowest BCUT2D eigenvalue weighted by Gasteiger charge is -2.22. The molecule has 0 bridgehead atoms. The lowest BCUT2D eigenvalue weighted by atomic mass is 9.92. The number of anilines is 2. The predicted molar refractivity (Wildman–Crippen MR) is 146 cm³/mol. The van der Waals surface area contributed by atoms with Crippen LogP contribution in [0.5, 0.6) is 5.75 Å². The van der Waals surface area contributed by atoms with E-state index in [1.807, 2.05) is 62.4 Å². The maximum Gasteiger partial charge on any atom is 0.322 e. The van der Waals surface area contributed by atoms with E-state index in [0.717, 1.165) is 28.3 Å². The SMILES string of the molecule is COCCN(CC(=O)Nc1cc(C(C)(C)C)nn1-c1ccc(OC)cc1)C(=O)Nc1ccc(C)c(C)c1. The number of aromatic nitrogens is 2. The first kappa shape index (κ1) is 27.7. The van der Waals surface area contributed by atoms with Crippen molar-refractivity contribution >= 4 is 23.4 Å². The summed E-state index contributed by atoms with van der Waals surface area (Å²) in [7, 11) is 3.17. The molecule has 1 aromatic heterocycles. The maximum atomic E-state index is 13.1. The van der Waals surface area contributed by atoms with E-state index in [-0.39, 0.29) is 30.4 Å². The van der Waals surface area contributed by atoms with Crippen molar-refractivity contribution in [3.8, 4) is 11.4 Å². The van der Waals surface area contributed by atoms with Crippen LogP contribution >= 0.6 is 0 Å². The topological polar surface area (TPSA) is 97.7 Å². The molecule has 0 atom stereocenters. The van der Waals surface area contributed by atoms with E-state index in [0.29, 0.717) is 18.1 Å². The summed E-state index contributed by atoms with van der Waals surface area (Å²) in [5.41, 5.74) is 4.24. The van der Waals surface area contributed by atoms with Crippen LogP contribution in [0.4, 0.5) is 16.3 Å². The number of nitrogens with one attached hydrogen (secondary N) is 2. The number of carbonyl (C=O) groups excluding carboxylic acids is 2. The smallest absolute Gasteiger partial charge is 0.322 e. The zero-order valence-corrected chi connectivity index (χ0v) is 22.7. The fourth-order valence-corrected chi connectivity index (χ4v) is 3.59. The second-order valence-corrected chi connectivity index (χ2v) is 9.97. The number of nitrogens with zero attached hydrogens (tertiary/aromatic N) is 3. The number of methoxy groups -OCH3 is 2. The Balaban J connectivity index is 1.80. The van der Waals surface area contributed by atoms with Gasteiger partial charge in [-0.05, 0) is 61.4 Å². The third-order valence-corrected chi connectivity index (χ3v) is 6.01. The van der Waals surface area contributed by atoms with Crippen molar-refractivity contribution in [3.05, 3.63) is 65.4 Å². The molecule has 2 aromatic carbocycles. The zero-order chi connectivity index (χ0) is 27.2. The molecule has 37 heavy (non-hydrogen) atoms. The molecule has 1 heterocycles. The van der Waals surface area contributed by atoms with Crippen molar-refractivity contribution in [1.82, 2.24) is 14.7 Å². The summed E-state index contributed by atoms with van der Waals surface area (Å²) in [6, 6.07) is 14.6. The van der Waals surface area contributed by atoms with Crippen molar-refractivity contribution < 1.29 is 19.1 Å². The Kier molecular flexibility index (Phi) is 8.94. The van der Waals surface area contributed by atoms with Gasteiger partial charge in [0, 0.05) is 30.8 Å². The van der Waals surface area contributed by atoms with Crippen LogP contribution in [-0.4, -0.2) is 60.5 Å². The largest absolute Gasteiger partial charge is 0.497 e. The number of ether oxygens (including phenoxy) is 2. The quantitative estimate of drug-likeness (QED) is 0.429. The first-order valence-electron chi connectivity index (χ1n) is 12.2. The van der Waals surface area contributed by atoms with Crippen LogP contribution in [0.1, 0.15) is 37.6 Å². The van der Waals surface area contributed by atoms with Gasteiger partial charge < -0.3 is 25.0 Å². The van der Waals surface area contributed by atoms with E-state index in [2.05, 4.69) is 31.4 Å². The number of hydrogen-bond donors (Lipinski definition) is 2. The summed E-state index contributed by atoms with van der Waals surface area (Å²) >= 11 is 0. The Morgan fingerprint density at radius 2 is 1.68 bits per heavy atom. The number of rotatable bonds is 9. The van der Waals surface area contributed by atoms with Crippen LogP contribution < -0.4 is 15.4 Å². The second-order valence-electron chi connectivity index (χ2n) is 9.97. The highest BCUT2D eigenvalue weighted by Gasteiger charge is 2.23. The maximum absolute atomic E-state index is 13.1. The van der Waals surface area contributed by atoms with Gasteiger partial charge in [0.2, 0.25) is 5.91 Å². The van der Waals surface area contributed by atoms with Crippen LogP contribution in [0.15, 0.2) is 48.5 Å². The average Bonchev–Trinajstić information content (AvgIpc) is 3.28. The summed E-state index contributed by atoms with van der Waals surface area (Å²) in [6.45, 7) is 10.6. The predicted octanol–water partition coefficient (Wildman–Crippen LogP) is 4.91. The zero-order valence-electron chi connectivity index (χ0n) is 22.7. The van der Waals surface area contributed by atoms with E-state index in [9.17, 15) is 9.59 Å². The van der Waals surface area contributed by atoms with Crippen molar-refractivity contribution in [3.63, 3.8) is 0 Å². The van der Waals surface area contributed by atoms with Crippen molar-refractivity contribution in [2.75, 3.05) is 44.5 Å². The lowest BCUT2D eigenvalue weighted by Crippen LogP contribution is -2.42. The Morgan fingerprint density at radius 3 is 2.27 bits per heavy atom. The molecule has 0 saturated carbocycles. The molecule has 0 saturated heterocycles. The minimum absolute atomic E-state index is 0.154. The van der Waals surface area contributed by atoms with Gasteiger partial charge in [0.25, 0.3) is 0 Å². The molecule has 3 amide bonds. The molecule has 0 unspecified atom stereocenters. The van der Waals surface area contributed by atoms with Crippen LogP contribution in [0.2, 0.25) is 0 Å². The normalized spacial score (nSPS) is 11.2.